The molecule has 0 heterocycles. The zero-order valence-corrected chi connectivity index (χ0v) is 11.1. The Labute approximate surface area is 112 Å². The molecule has 100 valence electrons. The molecule has 1 N–H and O–H groups in total. The number of hydrogen-bond donors (Lipinski definition) is 1. The lowest BCUT2D eigenvalue weighted by molar-refractivity contribution is 0.551. The first-order valence-electron chi connectivity index (χ1n) is 6.23. The van der Waals surface area contributed by atoms with Gasteiger partial charge in [-0.3, -0.25) is 0 Å². The van der Waals surface area contributed by atoms with Crippen LogP contribution in [0.25, 0.3) is 0 Å². The van der Waals surface area contributed by atoms with Crippen molar-refractivity contribution in [3.8, 4) is 0 Å². The Hall–Kier alpha value is -1.90. The van der Waals surface area contributed by atoms with Gasteiger partial charge in [0.2, 0.25) is 0 Å². The second-order valence-corrected chi connectivity index (χ2v) is 5.23. The first-order chi connectivity index (χ1) is 8.99. The number of benzene rings is 2. The molecule has 19 heavy (non-hydrogen) atoms. The Morgan fingerprint density at radius 3 is 2.37 bits per heavy atom. The Morgan fingerprint density at radius 1 is 1.00 bits per heavy atom. The van der Waals surface area contributed by atoms with Crippen molar-refractivity contribution in [3.63, 3.8) is 0 Å². The Kier molecular flexibility index (Phi) is 3.84. The van der Waals surface area contributed by atoms with Gasteiger partial charge >= 0.3 is 0 Å². The van der Waals surface area contributed by atoms with Gasteiger partial charge in [-0.15, -0.1) is 0 Å². The van der Waals surface area contributed by atoms with Crippen molar-refractivity contribution >= 4 is 5.69 Å². The van der Waals surface area contributed by atoms with Crippen molar-refractivity contribution in [2.24, 2.45) is 0 Å². The predicted octanol–water partition coefficient (Wildman–Crippen LogP) is 4.35. The number of halogens is 2. The van der Waals surface area contributed by atoms with Crippen molar-refractivity contribution in [2.45, 2.75) is 19.3 Å². The van der Waals surface area contributed by atoms with Crippen LogP contribution in [-0.4, -0.2) is 6.54 Å². The molecule has 0 aliphatic carbocycles. The first kappa shape index (κ1) is 13.5. The lowest BCUT2D eigenvalue weighted by Gasteiger charge is -2.26. The van der Waals surface area contributed by atoms with E-state index < -0.39 is 11.6 Å². The highest BCUT2D eigenvalue weighted by atomic mass is 19.1. The number of nitrogens with one attached hydrogen (secondary N) is 1. The molecule has 0 aliphatic heterocycles. The van der Waals surface area contributed by atoms with E-state index in [1.807, 2.05) is 30.3 Å². The lowest BCUT2D eigenvalue weighted by Crippen LogP contribution is -2.27. The molecular formula is C16H17F2N. The summed E-state index contributed by atoms with van der Waals surface area (Å²) in [5.41, 5.74) is 1.18. The second kappa shape index (κ2) is 5.39. The third-order valence-corrected chi connectivity index (χ3v) is 3.20. The van der Waals surface area contributed by atoms with Crippen LogP contribution in [0.3, 0.4) is 0 Å². The fourth-order valence-electron chi connectivity index (χ4n) is 1.94. The van der Waals surface area contributed by atoms with Crippen molar-refractivity contribution < 1.29 is 8.78 Å². The molecule has 0 atom stereocenters. The zero-order chi connectivity index (χ0) is 13.9. The minimum absolute atomic E-state index is 0.167. The van der Waals surface area contributed by atoms with E-state index in [-0.39, 0.29) is 11.1 Å². The maximum absolute atomic E-state index is 13.5. The van der Waals surface area contributed by atoms with Crippen molar-refractivity contribution in [1.82, 2.24) is 0 Å². The molecule has 0 aliphatic rings. The summed E-state index contributed by atoms with van der Waals surface area (Å²) < 4.78 is 26.6. The minimum atomic E-state index is -0.443. The van der Waals surface area contributed by atoms with Crippen molar-refractivity contribution in [2.75, 3.05) is 11.9 Å². The van der Waals surface area contributed by atoms with E-state index in [4.69, 9.17) is 0 Å². The average molecular weight is 261 g/mol. The summed E-state index contributed by atoms with van der Waals surface area (Å²) in [7, 11) is 0. The molecule has 2 rings (SSSR count). The highest BCUT2D eigenvalue weighted by molar-refractivity contribution is 5.45. The fraction of sp³-hybridized carbons (Fsp3) is 0.250. The second-order valence-electron chi connectivity index (χ2n) is 5.23. The summed E-state index contributed by atoms with van der Waals surface area (Å²) in [6.45, 7) is 4.65. The van der Waals surface area contributed by atoms with Gasteiger partial charge in [0.15, 0.2) is 0 Å². The molecule has 2 aromatic rings. The number of rotatable bonds is 4. The van der Waals surface area contributed by atoms with Gasteiger partial charge in [0, 0.05) is 12.0 Å². The topological polar surface area (TPSA) is 12.0 Å². The van der Waals surface area contributed by atoms with Gasteiger partial charge in [-0.2, -0.15) is 0 Å². The summed E-state index contributed by atoms with van der Waals surface area (Å²) in [5.74, 6) is -0.883. The van der Waals surface area contributed by atoms with Gasteiger partial charge < -0.3 is 5.32 Å². The van der Waals surface area contributed by atoms with Crippen molar-refractivity contribution in [1.29, 1.82) is 0 Å². The van der Waals surface area contributed by atoms with Crippen LogP contribution >= 0.6 is 0 Å². The van der Waals surface area contributed by atoms with Gasteiger partial charge in [-0.05, 0) is 23.8 Å². The van der Waals surface area contributed by atoms with Crippen LogP contribution < -0.4 is 5.32 Å². The summed E-state index contributed by atoms with van der Waals surface area (Å²) >= 11 is 0. The molecular weight excluding hydrogens is 244 g/mol. The standard InChI is InChI=1S/C16H17F2N/c1-16(2,12-6-4-3-5-7-12)11-19-15-10-13(17)8-9-14(15)18/h3-10,19H,11H2,1-2H3. The summed E-state index contributed by atoms with van der Waals surface area (Å²) in [5, 5.41) is 2.98. The van der Waals surface area contributed by atoms with Crippen LogP contribution in [0.5, 0.6) is 0 Å². The summed E-state index contributed by atoms with van der Waals surface area (Å²) in [6, 6.07) is 13.4. The highest BCUT2D eigenvalue weighted by Crippen LogP contribution is 2.24. The molecule has 0 unspecified atom stereocenters. The maximum atomic E-state index is 13.5. The van der Waals surface area contributed by atoms with Crippen molar-refractivity contribution in [3.05, 3.63) is 65.7 Å². The molecule has 0 radical (unpaired) electrons. The third kappa shape index (κ3) is 3.31. The molecule has 0 spiro atoms. The van der Waals surface area contributed by atoms with Gasteiger partial charge in [0.05, 0.1) is 5.69 Å². The van der Waals surface area contributed by atoms with Crippen LogP contribution in [0.4, 0.5) is 14.5 Å². The van der Waals surface area contributed by atoms with Gasteiger partial charge in [-0.25, -0.2) is 8.78 Å². The van der Waals surface area contributed by atoms with E-state index in [2.05, 4.69) is 19.2 Å². The molecule has 0 saturated carbocycles. The smallest absolute Gasteiger partial charge is 0.146 e. The largest absolute Gasteiger partial charge is 0.382 e. The molecule has 0 bridgehead atoms. The maximum Gasteiger partial charge on any atom is 0.146 e. The van der Waals surface area contributed by atoms with Crippen LogP contribution in [0.15, 0.2) is 48.5 Å². The van der Waals surface area contributed by atoms with Gasteiger partial charge in [-0.1, -0.05) is 44.2 Å². The molecule has 0 amide bonds. The van der Waals surface area contributed by atoms with E-state index >= 15 is 0 Å². The Bertz CT molecular complexity index is 550. The van der Waals surface area contributed by atoms with E-state index in [0.29, 0.717) is 6.54 Å². The number of hydrogen-bond acceptors (Lipinski definition) is 1. The molecule has 0 fully saturated rings. The Morgan fingerprint density at radius 2 is 1.68 bits per heavy atom. The molecule has 0 saturated heterocycles. The molecule has 2 aromatic carbocycles. The zero-order valence-electron chi connectivity index (χ0n) is 11.1. The minimum Gasteiger partial charge on any atom is -0.382 e. The van der Waals surface area contributed by atoms with Crippen LogP contribution in [0.2, 0.25) is 0 Å². The predicted molar refractivity (Wildman–Crippen MR) is 74.3 cm³/mol. The monoisotopic (exact) mass is 261 g/mol. The lowest BCUT2D eigenvalue weighted by atomic mass is 9.84. The van der Waals surface area contributed by atoms with Crippen LogP contribution in [-0.2, 0) is 5.41 Å². The van der Waals surface area contributed by atoms with Crippen LogP contribution in [0, 0.1) is 11.6 Å². The van der Waals surface area contributed by atoms with E-state index in [9.17, 15) is 8.78 Å². The average Bonchev–Trinajstić information content (AvgIpc) is 2.41. The van der Waals surface area contributed by atoms with Gasteiger partial charge in [0.1, 0.15) is 11.6 Å². The fourth-order valence-corrected chi connectivity index (χ4v) is 1.94. The SMILES string of the molecule is CC(C)(CNc1cc(F)ccc1F)c1ccccc1. The first-order valence-corrected chi connectivity index (χ1v) is 6.23. The Balaban J connectivity index is 2.12. The number of anilines is 1. The molecule has 3 heteroatoms. The molecule has 0 aromatic heterocycles. The normalized spacial score (nSPS) is 11.4. The van der Waals surface area contributed by atoms with E-state index in [0.717, 1.165) is 17.7 Å². The third-order valence-electron chi connectivity index (χ3n) is 3.20. The molecule has 1 nitrogen and oxygen atoms in total. The van der Waals surface area contributed by atoms with E-state index in [1.165, 1.54) is 6.07 Å². The van der Waals surface area contributed by atoms with Crippen LogP contribution in [0.1, 0.15) is 19.4 Å². The summed E-state index contributed by atoms with van der Waals surface area (Å²) in [4.78, 5) is 0. The van der Waals surface area contributed by atoms with Gasteiger partial charge in [0.25, 0.3) is 0 Å². The summed E-state index contributed by atoms with van der Waals surface area (Å²) in [6.07, 6.45) is 0. The quantitative estimate of drug-likeness (QED) is 0.862. The van der Waals surface area contributed by atoms with E-state index in [1.54, 1.807) is 0 Å². The highest BCUT2D eigenvalue weighted by Gasteiger charge is 2.20.